The Balaban J connectivity index is 1.66. The van der Waals surface area contributed by atoms with E-state index in [-0.39, 0.29) is 12.0 Å². The van der Waals surface area contributed by atoms with Gasteiger partial charge in [-0.15, -0.1) is 0 Å². The molecular formula is C21H19N2O3+. The van der Waals surface area contributed by atoms with Crippen molar-refractivity contribution in [2.24, 2.45) is 0 Å². The van der Waals surface area contributed by atoms with E-state index in [0.29, 0.717) is 5.75 Å². The van der Waals surface area contributed by atoms with Gasteiger partial charge in [0.2, 0.25) is 0 Å². The lowest BCUT2D eigenvalue weighted by Gasteiger charge is -2.23. The fourth-order valence-corrected chi connectivity index (χ4v) is 3.67. The Labute approximate surface area is 150 Å². The van der Waals surface area contributed by atoms with Gasteiger partial charge in [-0.2, -0.15) is 13.8 Å². The van der Waals surface area contributed by atoms with E-state index in [2.05, 4.69) is 0 Å². The molecule has 1 unspecified atom stereocenters. The van der Waals surface area contributed by atoms with Gasteiger partial charge in [0.15, 0.2) is 23.2 Å². The van der Waals surface area contributed by atoms with Gasteiger partial charge in [0, 0.05) is 11.8 Å². The maximum atomic E-state index is 13.1. The van der Waals surface area contributed by atoms with Crippen LogP contribution in [0.25, 0.3) is 22.0 Å². The van der Waals surface area contributed by atoms with Gasteiger partial charge >= 0.3 is 5.69 Å². The summed E-state index contributed by atoms with van der Waals surface area (Å²) in [6.07, 6.45) is 6.48. The Morgan fingerprint density at radius 2 is 1.92 bits per heavy atom. The zero-order chi connectivity index (χ0) is 17.5. The minimum absolute atomic E-state index is 0.112. The third-order valence-corrected chi connectivity index (χ3v) is 4.94. The first kappa shape index (κ1) is 15.3. The van der Waals surface area contributed by atoms with Crippen LogP contribution in [-0.4, -0.2) is 17.3 Å². The Morgan fingerprint density at radius 1 is 1.04 bits per heavy atom. The summed E-state index contributed by atoms with van der Waals surface area (Å²) in [6, 6.07) is 15.6. The molecule has 0 saturated carbocycles. The highest BCUT2D eigenvalue weighted by Gasteiger charge is 2.23. The van der Waals surface area contributed by atoms with E-state index in [1.165, 1.54) is 0 Å². The van der Waals surface area contributed by atoms with Crippen LogP contribution in [0.1, 0.15) is 19.3 Å². The summed E-state index contributed by atoms with van der Waals surface area (Å²) in [5.74, 6) is 0.659. The standard InChI is InChI=1S/C21H19N2O3/c24-21-22-12-11-15-6-5-7-16(20(15)22)14-23(21)17-8-1-2-9-18(17)26-19-10-3-4-13-25-19/h1-2,5-9,11-12,14,19H,3-4,10,13H2/q+1. The molecule has 5 rings (SSSR count). The molecule has 0 amide bonds. The van der Waals surface area contributed by atoms with Crippen molar-refractivity contribution in [2.75, 3.05) is 6.61 Å². The van der Waals surface area contributed by atoms with Crippen molar-refractivity contribution in [2.45, 2.75) is 25.6 Å². The molecule has 1 atom stereocenters. The molecule has 4 aromatic rings. The minimum atomic E-state index is -0.254. The maximum Gasteiger partial charge on any atom is 0.508 e. The first-order valence-corrected chi connectivity index (χ1v) is 8.97. The van der Waals surface area contributed by atoms with Crippen molar-refractivity contribution in [1.82, 2.24) is 4.40 Å². The molecule has 1 aliphatic rings. The fourth-order valence-electron chi connectivity index (χ4n) is 3.67. The Bertz CT molecular complexity index is 1130. The van der Waals surface area contributed by atoms with Gasteiger partial charge in [-0.1, -0.05) is 24.3 Å². The van der Waals surface area contributed by atoms with Crippen molar-refractivity contribution < 1.29 is 14.0 Å². The number of ether oxygens (including phenoxy) is 2. The van der Waals surface area contributed by atoms with E-state index in [1.54, 1.807) is 8.97 Å². The number of para-hydroxylation sites is 3. The smallest absolute Gasteiger partial charge is 0.460 e. The molecule has 0 aliphatic carbocycles. The molecule has 1 aliphatic heterocycles. The summed E-state index contributed by atoms with van der Waals surface area (Å²) in [7, 11) is 0. The Hall–Kier alpha value is -2.92. The molecule has 3 heterocycles. The zero-order valence-corrected chi connectivity index (χ0v) is 14.3. The fraction of sp³-hybridized carbons (Fsp3) is 0.238. The molecule has 0 radical (unpaired) electrons. The molecule has 0 bridgehead atoms. The predicted molar refractivity (Wildman–Crippen MR) is 98.1 cm³/mol. The zero-order valence-electron chi connectivity index (χ0n) is 14.3. The number of nitrogens with zero attached hydrogens (tertiary/aromatic N) is 2. The first-order chi connectivity index (χ1) is 12.8. The van der Waals surface area contributed by atoms with E-state index in [4.69, 9.17) is 9.47 Å². The van der Waals surface area contributed by atoms with Crippen LogP contribution in [0.5, 0.6) is 5.75 Å². The lowest BCUT2D eigenvalue weighted by molar-refractivity contribution is -0.614. The molecule has 0 N–H and O–H groups in total. The largest absolute Gasteiger partial charge is 0.508 e. The number of aromatic nitrogens is 2. The Morgan fingerprint density at radius 3 is 2.81 bits per heavy atom. The topological polar surface area (TPSA) is 43.8 Å². The van der Waals surface area contributed by atoms with Gasteiger partial charge in [-0.05, 0) is 37.1 Å². The average molecular weight is 347 g/mol. The van der Waals surface area contributed by atoms with Gasteiger partial charge < -0.3 is 9.47 Å². The van der Waals surface area contributed by atoms with Crippen molar-refractivity contribution in [3.05, 3.63) is 71.4 Å². The molecule has 0 spiro atoms. The van der Waals surface area contributed by atoms with E-state index in [1.807, 2.05) is 60.9 Å². The highest BCUT2D eigenvalue weighted by atomic mass is 16.7. The van der Waals surface area contributed by atoms with E-state index < -0.39 is 0 Å². The van der Waals surface area contributed by atoms with Crippen LogP contribution in [0.2, 0.25) is 0 Å². The van der Waals surface area contributed by atoms with Crippen LogP contribution in [0.15, 0.2) is 65.7 Å². The second-order valence-corrected chi connectivity index (χ2v) is 6.63. The van der Waals surface area contributed by atoms with E-state index in [9.17, 15) is 4.79 Å². The van der Waals surface area contributed by atoms with Gasteiger partial charge in [0.25, 0.3) is 0 Å². The van der Waals surface area contributed by atoms with Gasteiger partial charge in [0.1, 0.15) is 12.4 Å². The highest BCUT2D eigenvalue weighted by Crippen LogP contribution is 2.24. The molecule has 130 valence electrons. The average Bonchev–Trinajstić information content (AvgIpc) is 3.12. The number of hydrogen-bond donors (Lipinski definition) is 0. The summed E-state index contributed by atoms with van der Waals surface area (Å²) in [5.41, 5.74) is 1.56. The molecule has 2 aromatic carbocycles. The van der Waals surface area contributed by atoms with Crippen molar-refractivity contribution in [1.29, 1.82) is 0 Å². The SMILES string of the molecule is O=c1n2ccc3cccc(c[n+]1-c1ccccc1OC1CCCCO1)c32. The number of hydrogen-bond acceptors (Lipinski definition) is 3. The second kappa shape index (κ2) is 6.11. The van der Waals surface area contributed by atoms with Crippen LogP contribution in [0.3, 0.4) is 0 Å². The quantitative estimate of drug-likeness (QED) is 0.535. The van der Waals surface area contributed by atoms with Crippen LogP contribution in [0.4, 0.5) is 0 Å². The summed E-state index contributed by atoms with van der Waals surface area (Å²) in [6.45, 7) is 0.719. The van der Waals surface area contributed by atoms with Crippen LogP contribution < -0.4 is 15.0 Å². The summed E-state index contributed by atoms with van der Waals surface area (Å²) in [5, 5.41) is 2.07. The maximum absolute atomic E-state index is 13.1. The molecule has 26 heavy (non-hydrogen) atoms. The molecule has 2 aromatic heterocycles. The molecule has 5 nitrogen and oxygen atoms in total. The van der Waals surface area contributed by atoms with Crippen molar-refractivity contribution >= 4 is 16.3 Å². The summed E-state index contributed by atoms with van der Waals surface area (Å²) >= 11 is 0. The molecule has 1 fully saturated rings. The molecule has 5 heteroatoms. The monoisotopic (exact) mass is 347 g/mol. The third-order valence-electron chi connectivity index (χ3n) is 4.94. The van der Waals surface area contributed by atoms with Crippen LogP contribution in [-0.2, 0) is 4.74 Å². The minimum Gasteiger partial charge on any atom is -0.460 e. The highest BCUT2D eigenvalue weighted by molar-refractivity contribution is 5.95. The molecule has 1 saturated heterocycles. The van der Waals surface area contributed by atoms with Crippen LogP contribution in [0, 0.1) is 0 Å². The normalized spacial score (nSPS) is 17.8. The number of rotatable bonds is 3. The summed E-state index contributed by atoms with van der Waals surface area (Å²) < 4.78 is 15.1. The van der Waals surface area contributed by atoms with E-state index in [0.717, 1.165) is 47.8 Å². The Kier molecular flexibility index (Phi) is 3.60. The predicted octanol–water partition coefficient (Wildman–Crippen LogP) is 3.07. The summed E-state index contributed by atoms with van der Waals surface area (Å²) in [4.78, 5) is 13.1. The third kappa shape index (κ3) is 2.44. The van der Waals surface area contributed by atoms with E-state index >= 15 is 0 Å². The van der Waals surface area contributed by atoms with Gasteiger partial charge in [0.05, 0.1) is 12.0 Å². The second-order valence-electron chi connectivity index (χ2n) is 6.63. The first-order valence-electron chi connectivity index (χ1n) is 8.97. The molecular weight excluding hydrogens is 328 g/mol. The number of benzene rings is 2. The van der Waals surface area contributed by atoms with Gasteiger partial charge in [-0.3, -0.25) is 0 Å². The van der Waals surface area contributed by atoms with Crippen molar-refractivity contribution in [3.63, 3.8) is 0 Å². The van der Waals surface area contributed by atoms with Gasteiger partial charge in [-0.25, -0.2) is 0 Å². The van der Waals surface area contributed by atoms with Crippen LogP contribution >= 0.6 is 0 Å². The van der Waals surface area contributed by atoms with Crippen molar-refractivity contribution in [3.8, 4) is 11.4 Å². The lowest BCUT2D eigenvalue weighted by Crippen LogP contribution is -2.50. The lowest BCUT2D eigenvalue weighted by atomic mass is 10.2.